The number of rotatable bonds is 5. The molecule has 0 saturated heterocycles. The molecule has 1 aliphatic rings. The number of benzene rings is 1. The van der Waals surface area contributed by atoms with Crippen molar-refractivity contribution in [3.8, 4) is 11.5 Å². The summed E-state index contributed by atoms with van der Waals surface area (Å²) < 4.78 is 11.2. The van der Waals surface area contributed by atoms with Crippen LogP contribution in [0.2, 0.25) is 0 Å². The Hall–Kier alpha value is -1.55. The fourth-order valence-corrected chi connectivity index (χ4v) is 3.43. The molecule has 0 atom stereocenters. The molecule has 0 radical (unpaired) electrons. The predicted molar refractivity (Wildman–Crippen MR) is 116 cm³/mol. The Labute approximate surface area is 175 Å². The predicted octanol–water partition coefficient (Wildman–Crippen LogP) is 3.30. The zero-order chi connectivity index (χ0) is 17.6. The SMILES string of the molecule is CCc1nc(CNC(=NC)N(C)Cc2ccc3c(c2)OCCO3)cs1.I. The lowest BCUT2D eigenvalue weighted by Crippen LogP contribution is -2.38. The lowest BCUT2D eigenvalue weighted by atomic mass is 10.2. The minimum Gasteiger partial charge on any atom is -0.486 e. The van der Waals surface area contributed by atoms with Crippen LogP contribution < -0.4 is 14.8 Å². The topological polar surface area (TPSA) is 59.0 Å². The first-order valence-corrected chi connectivity index (χ1v) is 9.31. The first kappa shape index (κ1) is 20.8. The number of ether oxygens (including phenoxy) is 2. The highest BCUT2D eigenvalue weighted by atomic mass is 127. The van der Waals surface area contributed by atoms with Gasteiger partial charge in [0.2, 0.25) is 0 Å². The molecule has 0 bridgehead atoms. The summed E-state index contributed by atoms with van der Waals surface area (Å²) >= 11 is 1.70. The van der Waals surface area contributed by atoms with Gasteiger partial charge in [-0.2, -0.15) is 0 Å². The fraction of sp³-hybridized carbons (Fsp3) is 0.444. The highest BCUT2D eigenvalue weighted by Gasteiger charge is 2.13. The highest BCUT2D eigenvalue weighted by molar-refractivity contribution is 14.0. The lowest BCUT2D eigenvalue weighted by molar-refractivity contribution is 0.171. The molecule has 0 amide bonds. The van der Waals surface area contributed by atoms with Crippen molar-refractivity contribution in [2.24, 2.45) is 4.99 Å². The quantitative estimate of drug-likeness (QED) is 0.398. The Bertz CT molecular complexity index is 751. The van der Waals surface area contributed by atoms with E-state index in [2.05, 4.69) is 38.6 Å². The molecular weight excluding hydrogens is 463 g/mol. The molecule has 1 aliphatic heterocycles. The van der Waals surface area contributed by atoms with E-state index >= 15 is 0 Å². The number of thiazole rings is 1. The van der Waals surface area contributed by atoms with Crippen LogP contribution in [-0.4, -0.2) is 43.2 Å². The van der Waals surface area contributed by atoms with Gasteiger partial charge in [0.1, 0.15) is 13.2 Å². The van der Waals surface area contributed by atoms with E-state index in [0.717, 1.165) is 46.7 Å². The third kappa shape index (κ3) is 5.23. The van der Waals surface area contributed by atoms with Gasteiger partial charge in [-0.15, -0.1) is 35.3 Å². The standard InChI is InChI=1S/C18H24N4O2S.HI/c1-4-17-21-14(12-25-17)10-20-18(19-2)22(3)11-13-5-6-15-16(9-13)24-8-7-23-15;/h5-6,9,12H,4,7-8,10-11H2,1-3H3,(H,19,20);1H. The summed E-state index contributed by atoms with van der Waals surface area (Å²) in [6, 6.07) is 6.06. The summed E-state index contributed by atoms with van der Waals surface area (Å²) in [6.07, 6.45) is 0.976. The van der Waals surface area contributed by atoms with E-state index in [0.29, 0.717) is 19.8 Å². The third-order valence-electron chi connectivity index (χ3n) is 3.93. The van der Waals surface area contributed by atoms with E-state index < -0.39 is 0 Å². The van der Waals surface area contributed by atoms with Crippen LogP contribution in [0.25, 0.3) is 0 Å². The number of hydrogen-bond donors (Lipinski definition) is 1. The number of halogens is 1. The molecule has 2 aromatic rings. The van der Waals surface area contributed by atoms with Crippen molar-refractivity contribution < 1.29 is 9.47 Å². The maximum absolute atomic E-state index is 5.65. The molecular formula is C18H25IN4O2S. The number of aromatic nitrogens is 1. The molecule has 0 spiro atoms. The van der Waals surface area contributed by atoms with Gasteiger partial charge in [0, 0.05) is 26.0 Å². The van der Waals surface area contributed by atoms with Crippen molar-refractivity contribution in [3.63, 3.8) is 0 Å². The highest BCUT2D eigenvalue weighted by Crippen LogP contribution is 2.31. The molecule has 8 heteroatoms. The van der Waals surface area contributed by atoms with Gasteiger partial charge < -0.3 is 19.7 Å². The monoisotopic (exact) mass is 488 g/mol. The van der Waals surface area contributed by atoms with E-state index in [9.17, 15) is 0 Å². The average molecular weight is 488 g/mol. The van der Waals surface area contributed by atoms with Crippen LogP contribution in [0, 0.1) is 0 Å². The Kier molecular flexibility index (Phi) is 7.95. The molecule has 1 N–H and O–H groups in total. The van der Waals surface area contributed by atoms with Gasteiger partial charge in [-0.3, -0.25) is 4.99 Å². The molecule has 0 saturated carbocycles. The molecule has 6 nitrogen and oxygen atoms in total. The third-order valence-corrected chi connectivity index (χ3v) is 4.97. The maximum Gasteiger partial charge on any atom is 0.194 e. The molecule has 26 heavy (non-hydrogen) atoms. The van der Waals surface area contributed by atoms with Crippen molar-refractivity contribution in [2.45, 2.75) is 26.4 Å². The van der Waals surface area contributed by atoms with E-state index in [1.54, 1.807) is 18.4 Å². The summed E-state index contributed by atoms with van der Waals surface area (Å²) in [7, 11) is 3.81. The van der Waals surface area contributed by atoms with Crippen molar-refractivity contribution >= 4 is 41.3 Å². The van der Waals surface area contributed by atoms with Gasteiger partial charge in [-0.1, -0.05) is 13.0 Å². The lowest BCUT2D eigenvalue weighted by Gasteiger charge is -2.23. The summed E-state index contributed by atoms with van der Waals surface area (Å²) in [5.41, 5.74) is 2.20. The fourth-order valence-electron chi connectivity index (χ4n) is 2.68. The Morgan fingerprint density at radius 3 is 2.77 bits per heavy atom. The van der Waals surface area contributed by atoms with Gasteiger partial charge in [-0.25, -0.2) is 4.98 Å². The van der Waals surface area contributed by atoms with Crippen LogP contribution >= 0.6 is 35.3 Å². The van der Waals surface area contributed by atoms with Gasteiger partial charge in [0.25, 0.3) is 0 Å². The molecule has 1 aromatic heterocycles. The second-order valence-electron chi connectivity index (χ2n) is 5.82. The van der Waals surface area contributed by atoms with Gasteiger partial charge in [0.15, 0.2) is 17.5 Å². The number of fused-ring (bicyclic) bond motifs is 1. The second-order valence-corrected chi connectivity index (χ2v) is 6.76. The second kappa shape index (κ2) is 9.96. The number of nitrogens with one attached hydrogen (secondary N) is 1. The number of nitrogens with zero attached hydrogens (tertiary/aromatic N) is 3. The number of aliphatic imine (C=N–C) groups is 1. The van der Waals surface area contributed by atoms with Crippen molar-refractivity contribution in [3.05, 3.63) is 39.8 Å². The zero-order valence-corrected chi connectivity index (χ0v) is 18.5. The summed E-state index contributed by atoms with van der Waals surface area (Å²) in [4.78, 5) is 11.0. The molecule has 0 fully saturated rings. The van der Waals surface area contributed by atoms with E-state index in [1.807, 2.05) is 19.2 Å². The molecule has 3 rings (SSSR count). The maximum atomic E-state index is 5.65. The molecule has 0 unspecified atom stereocenters. The molecule has 0 aliphatic carbocycles. The van der Waals surface area contributed by atoms with Gasteiger partial charge in [-0.05, 0) is 24.1 Å². The van der Waals surface area contributed by atoms with Crippen LogP contribution in [0.3, 0.4) is 0 Å². The van der Waals surface area contributed by atoms with Crippen molar-refractivity contribution in [2.75, 3.05) is 27.3 Å². The van der Waals surface area contributed by atoms with Crippen LogP contribution in [0.1, 0.15) is 23.2 Å². The summed E-state index contributed by atoms with van der Waals surface area (Å²) in [5.74, 6) is 2.46. The Morgan fingerprint density at radius 2 is 2.08 bits per heavy atom. The minimum atomic E-state index is 0. The van der Waals surface area contributed by atoms with E-state index in [4.69, 9.17) is 9.47 Å². The van der Waals surface area contributed by atoms with Gasteiger partial charge >= 0.3 is 0 Å². The van der Waals surface area contributed by atoms with Crippen molar-refractivity contribution in [1.82, 2.24) is 15.2 Å². The van der Waals surface area contributed by atoms with E-state index in [1.165, 1.54) is 0 Å². The first-order chi connectivity index (χ1) is 12.2. The van der Waals surface area contributed by atoms with Gasteiger partial charge in [0.05, 0.1) is 17.2 Å². The van der Waals surface area contributed by atoms with Crippen LogP contribution in [-0.2, 0) is 19.5 Å². The van der Waals surface area contributed by atoms with Crippen LogP contribution in [0.5, 0.6) is 11.5 Å². The Balaban J connectivity index is 0.00000243. The molecule has 1 aromatic carbocycles. The minimum absolute atomic E-state index is 0. The van der Waals surface area contributed by atoms with E-state index in [-0.39, 0.29) is 24.0 Å². The largest absolute Gasteiger partial charge is 0.486 e. The molecule has 2 heterocycles. The normalized spacial score (nSPS) is 13.1. The van der Waals surface area contributed by atoms with Crippen LogP contribution in [0.4, 0.5) is 0 Å². The number of aryl methyl sites for hydroxylation is 1. The Morgan fingerprint density at radius 1 is 1.31 bits per heavy atom. The van der Waals surface area contributed by atoms with Crippen molar-refractivity contribution in [1.29, 1.82) is 0 Å². The molecule has 142 valence electrons. The average Bonchev–Trinajstić information content (AvgIpc) is 3.10. The zero-order valence-electron chi connectivity index (χ0n) is 15.3. The number of hydrogen-bond acceptors (Lipinski definition) is 5. The number of guanidine groups is 1. The first-order valence-electron chi connectivity index (χ1n) is 8.43. The van der Waals surface area contributed by atoms with Crippen LogP contribution in [0.15, 0.2) is 28.6 Å². The smallest absolute Gasteiger partial charge is 0.194 e. The summed E-state index contributed by atoms with van der Waals surface area (Å²) in [6.45, 7) is 4.74. The summed E-state index contributed by atoms with van der Waals surface area (Å²) in [5, 5.41) is 6.63.